The normalized spacial score (nSPS) is 20.5. The van der Waals surface area contributed by atoms with E-state index < -0.39 is 0 Å². The molecule has 24 heavy (non-hydrogen) atoms. The molecule has 3 rings (SSSR count). The van der Waals surface area contributed by atoms with Crippen LogP contribution >= 0.6 is 0 Å². The number of methoxy groups -OCH3 is 1. The maximum atomic E-state index is 12.6. The number of amides is 1. The minimum atomic E-state index is -0.154. The number of rotatable bonds is 4. The third-order valence-corrected chi connectivity index (χ3v) is 4.97. The molecule has 1 amide bonds. The summed E-state index contributed by atoms with van der Waals surface area (Å²) in [6.07, 6.45) is 3.95. The summed E-state index contributed by atoms with van der Waals surface area (Å²) in [4.78, 5) is 24.6. The SMILES string of the molecule is COC(=O)C1CCCCC1CNC(=O)c1cccc2ccccc12. The average Bonchev–Trinajstić information content (AvgIpc) is 2.65. The maximum Gasteiger partial charge on any atom is 0.309 e. The predicted molar refractivity (Wildman–Crippen MR) is 93.7 cm³/mol. The van der Waals surface area contributed by atoms with Gasteiger partial charge in [-0.05, 0) is 35.6 Å². The van der Waals surface area contributed by atoms with Crippen molar-refractivity contribution in [3.8, 4) is 0 Å². The van der Waals surface area contributed by atoms with E-state index in [1.807, 2.05) is 42.5 Å². The lowest BCUT2D eigenvalue weighted by atomic mass is 9.79. The highest BCUT2D eigenvalue weighted by molar-refractivity contribution is 6.07. The number of benzene rings is 2. The number of ether oxygens (including phenoxy) is 1. The van der Waals surface area contributed by atoms with Gasteiger partial charge in [0.15, 0.2) is 0 Å². The fourth-order valence-corrected chi connectivity index (χ4v) is 3.66. The lowest BCUT2D eigenvalue weighted by Crippen LogP contribution is -2.37. The molecule has 2 atom stereocenters. The average molecular weight is 325 g/mol. The van der Waals surface area contributed by atoms with E-state index in [0.717, 1.165) is 36.5 Å². The van der Waals surface area contributed by atoms with Gasteiger partial charge in [0.2, 0.25) is 0 Å². The number of hydrogen-bond donors (Lipinski definition) is 1. The largest absolute Gasteiger partial charge is 0.469 e. The number of nitrogens with one attached hydrogen (secondary N) is 1. The van der Waals surface area contributed by atoms with Crippen LogP contribution in [0.1, 0.15) is 36.0 Å². The van der Waals surface area contributed by atoms with E-state index in [1.165, 1.54) is 7.11 Å². The second-order valence-electron chi connectivity index (χ2n) is 6.41. The van der Waals surface area contributed by atoms with Crippen molar-refractivity contribution in [3.63, 3.8) is 0 Å². The van der Waals surface area contributed by atoms with Crippen molar-refractivity contribution >= 4 is 22.6 Å². The molecule has 4 nitrogen and oxygen atoms in total. The number of hydrogen-bond acceptors (Lipinski definition) is 3. The van der Waals surface area contributed by atoms with Crippen molar-refractivity contribution in [2.75, 3.05) is 13.7 Å². The van der Waals surface area contributed by atoms with Crippen LogP contribution in [0.25, 0.3) is 10.8 Å². The molecule has 0 aromatic heterocycles. The van der Waals surface area contributed by atoms with E-state index in [-0.39, 0.29) is 23.7 Å². The van der Waals surface area contributed by atoms with Crippen molar-refractivity contribution in [2.45, 2.75) is 25.7 Å². The summed E-state index contributed by atoms with van der Waals surface area (Å²) in [6.45, 7) is 0.516. The van der Waals surface area contributed by atoms with Gasteiger partial charge < -0.3 is 10.1 Å². The van der Waals surface area contributed by atoms with Gasteiger partial charge in [-0.1, -0.05) is 49.2 Å². The fourth-order valence-electron chi connectivity index (χ4n) is 3.66. The molecule has 0 spiro atoms. The van der Waals surface area contributed by atoms with Crippen LogP contribution in [-0.2, 0) is 9.53 Å². The van der Waals surface area contributed by atoms with Crippen molar-refractivity contribution in [1.82, 2.24) is 5.32 Å². The Morgan fingerprint density at radius 3 is 2.67 bits per heavy atom. The number of carbonyl (C=O) groups is 2. The summed E-state index contributed by atoms with van der Waals surface area (Å²) in [5.74, 6) is -0.179. The van der Waals surface area contributed by atoms with E-state index in [4.69, 9.17) is 4.74 Å². The molecule has 1 N–H and O–H groups in total. The van der Waals surface area contributed by atoms with Crippen molar-refractivity contribution in [1.29, 1.82) is 0 Å². The summed E-state index contributed by atoms with van der Waals surface area (Å²) >= 11 is 0. The first-order valence-electron chi connectivity index (χ1n) is 8.54. The highest BCUT2D eigenvalue weighted by Crippen LogP contribution is 2.30. The zero-order valence-corrected chi connectivity index (χ0v) is 14.0. The Morgan fingerprint density at radius 2 is 1.83 bits per heavy atom. The zero-order valence-electron chi connectivity index (χ0n) is 14.0. The second kappa shape index (κ2) is 7.47. The molecule has 0 aliphatic heterocycles. The molecule has 1 aliphatic rings. The van der Waals surface area contributed by atoms with Gasteiger partial charge in [0.25, 0.3) is 5.91 Å². The molecule has 0 heterocycles. The lowest BCUT2D eigenvalue weighted by molar-refractivity contribution is -0.148. The highest BCUT2D eigenvalue weighted by Gasteiger charge is 2.31. The van der Waals surface area contributed by atoms with Gasteiger partial charge in [0, 0.05) is 12.1 Å². The Hall–Kier alpha value is -2.36. The summed E-state index contributed by atoms with van der Waals surface area (Å²) in [7, 11) is 1.43. The summed E-state index contributed by atoms with van der Waals surface area (Å²) in [5, 5.41) is 5.02. The van der Waals surface area contributed by atoms with Gasteiger partial charge in [-0.15, -0.1) is 0 Å². The molecule has 0 bridgehead atoms. The number of carbonyl (C=O) groups excluding carboxylic acids is 2. The molecule has 4 heteroatoms. The summed E-state index contributed by atoms with van der Waals surface area (Å²) in [5.41, 5.74) is 0.679. The van der Waals surface area contributed by atoms with Crippen LogP contribution in [0.4, 0.5) is 0 Å². The van der Waals surface area contributed by atoms with Gasteiger partial charge in [-0.2, -0.15) is 0 Å². The number of fused-ring (bicyclic) bond motifs is 1. The Kier molecular flexibility index (Phi) is 5.14. The quantitative estimate of drug-likeness (QED) is 0.875. The first-order chi connectivity index (χ1) is 11.7. The highest BCUT2D eigenvalue weighted by atomic mass is 16.5. The Bertz CT molecular complexity index is 735. The van der Waals surface area contributed by atoms with E-state index in [0.29, 0.717) is 12.1 Å². The first kappa shape index (κ1) is 16.5. The Balaban J connectivity index is 1.71. The number of esters is 1. The van der Waals surface area contributed by atoms with E-state index in [2.05, 4.69) is 5.32 Å². The minimum absolute atomic E-state index is 0.0824. The Morgan fingerprint density at radius 1 is 1.08 bits per heavy atom. The van der Waals surface area contributed by atoms with Crippen LogP contribution in [0.5, 0.6) is 0 Å². The molecule has 1 fully saturated rings. The van der Waals surface area contributed by atoms with E-state index in [9.17, 15) is 9.59 Å². The smallest absolute Gasteiger partial charge is 0.309 e. The van der Waals surface area contributed by atoms with Gasteiger partial charge in [-0.3, -0.25) is 9.59 Å². The monoisotopic (exact) mass is 325 g/mol. The molecule has 2 aromatic carbocycles. The van der Waals surface area contributed by atoms with Crippen molar-refractivity contribution in [3.05, 3.63) is 48.0 Å². The molecule has 2 aromatic rings. The van der Waals surface area contributed by atoms with Crippen LogP contribution in [0.3, 0.4) is 0 Å². The van der Waals surface area contributed by atoms with Crippen LogP contribution < -0.4 is 5.32 Å². The van der Waals surface area contributed by atoms with Gasteiger partial charge in [0.05, 0.1) is 13.0 Å². The van der Waals surface area contributed by atoms with Crippen LogP contribution in [0.15, 0.2) is 42.5 Å². The predicted octanol–water partition coefficient (Wildman–Crippen LogP) is 3.55. The molecule has 0 radical (unpaired) electrons. The molecule has 1 aliphatic carbocycles. The topological polar surface area (TPSA) is 55.4 Å². The minimum Gasteiger partial charge on any atom is -0.469 e. The van der Waals surface area contributed by atoms with Crippen LogP contribution in [-0.4, -0.2) is 25.5 Å². The molecular weight excluding hydrogens is 302 g/mol. The molecule has 126 valence electrons. The molecule has 1 saturated carbocycles. The van der Waals surface area contributed by atoms with Crippen molar-refractivity contribution in [2.24, 2.45) is 11.8 Å². The van der Waals surface area contributed by atoms with Crippen LogP contribution in [0, 0.1) is 11.8 Å². The van der Waals surface area contributed by atoms with Crippen LogP contribution in [0.2, 0.25) is 0 Å². The summed E-state index contributed by atoms with van der Waals surface area (Å²) < 4.78 is 4.92. The first-order valence-corrected chi connectivity index (χ1v) is 8.54. The Labute approximate surface area is 142 Å². The standard InChI is InChI=1S/C20H23NO3/c1-24-20(23)17-11-5-3-8-15(17)13-21-19(22)18-12-6-9-14-7-2-4-10-16(14)18/h2,4,6-7,9-10,12,15,17H,3,5,8,11,13H2,1H3,(H,21,22). The van der Waals surface area contributed by atoms with Gasteiger partial charge in [-0.25, -0.2) is 0 Å². The van der Waals surface area contributed by atoms with E-state index in [1.54, 1.807) is 0 Å². The molecular formula is C20H23NO3. The fraction of sp³-hybridized carbons (Fsp3) is 0.400. The van der Waals surface area contributed by atoms with Crippen molar-refractivity contribution < 1.29 is 14.3 Å². The third-order valence-electron chi connectivity index (χ3n) is 4.97. The maximum absolute atomic E-state index is 12.6. The summed E-state index contributed by atoms with van der Waals surface area (Å²) in [6, 6.07) is 13.6. The molecule has 0 saturated heterocycles. The van der Waals surface area contributed by atoms with Gasteiger partial charge in [0.1, 0.15) is 0 Å². The lowest BCUT2D eigenvalue weighted by Gasteiger charge is -2.29. The van der Waals surface area contributed by atoms with Gasteiger partial charge >= 0.3 is 5.97 Å². The zero-order chi connectivity index (χ0) is 16.9. The van der Waals surface area contributed by atoms with E-state index >= 15 is 0 Å². The molecule has 2 unspecified atom stereocenters. The second-order valence-corrected chi connectivity index (χ2v) is 6.41. The third kappa shape index (κ3) is 3.42.